The number of rotatable bonds is 9. The monoisotopic (exact) mass is 255 g/mol. The molecule has 6 nitrogen and oxygen atoms in total. The Bertz CT molecular complexity index is 347. The van der Waals surface area contributed by atoms with Gasteiger partial charge in [-0.25, -0.2) is 4.98 Å². The predicted octanol–water partition coefficient (Wildman–Crippen LogP) is 1.21. The van der Waals surface area contributed by atoms with Crippen molar-refractivity contribution in [1.29, 1.82) is 0 Å². The largest absolute Gasteiger partial charge is 0.477 e. The van der Waals surface area contributed by atoms with E-state index in [9.17, 15) is 0 Å². The highest BCUT2D eigenvalue weighted by Crippen LogP contribution is 2.14. The Morgan fingerprint density at radius 2 is 2.17 bits per heavy atom. The van der Waals surface area contributed by atoms with E-state index in [2.05, 4.69) is 15.3 Å². The average Bonchev–Trinajstić information content (AvgIpc) is 2.37. The summed E-state index contributed by atoms with van der Waals surface area (Å²) >= 11 is 0. The van der Waals surface area contributed by atoms with Crippen molar-refractivity contribution in [2.24, 2.45) is 0 Å². The molecule has 0 unspecified atom stereocenters. The maximum Gasteiger partial charge on any atom is 0.218 e. The number of ether oxygens (including phenoxy) is 2. The lowest BCUT2D eigenvalue weighted by atomic mass is 10.4. The molecule has 0 saturated carbocycles. The molecule has 0 aliphatic rings. The maximum absolute atomic E-state index is 8.71. The summed E-state index contributed by atoms with van der Waals surface area (Å²) in [6.07, 6.45) is 0.585. The van der Waals surface area contributed by atoms with Crippen LogP contribution in [0.5, 0.6) is 5.88 Å². The molecule has 0 amide bonds. The summed E-state index contributed by atoms with van der Waals surface area (Å²) in [7, 11) is 0. The van der Waals surface area contributed by atoms with Gasteiger partial charge in [0.25, 0.3) is 0 Å². The van der Waals surface area contributed by atoms with Gasteiger partial charge in [-0.3, -0.25) is 0 Å². The lowest BCUT2D eigenvalue weighted by Crippen LogP contribution is -2.08. The molecule has 1 rings (SSSR count). The number of nitrogens with one attached hydrogen (secondary N) is 1. The van der Waals surface area contributed by atoms with E-state index in [-0.39, 0.29) is 6.61 Å². The first-order valence-electron chi connectivity index (χ1n) is 6.23. The second-order valence-electron chi connectivity index (χ2n) is 3.60. The van der Waals surface area contributed by atoms with Gasteiger partial charge in [-0.1, -0.05) is 0 Å². The molecule has 1 aromatic rings. The van der Waals surface area contributed by atoms with Gasteiger partial charge in [-0.2, -0.15) is 4.98 Å². The molecule has 0 atom stereocenters. The number of aliphatic hydroxyl groups is 1. The van der Waals surface area contributed by atoms with Gasteiger partial charge >= 0.3 is 0 Å². The van der Waals surface area contributed by atoms with Gasteiger partial charge < -0.3 is 19.9 Å². The van der Waals surface area contributed by atoms with Crippen LogP contribution in [0.3, 0.4) is 0 Å². The van der Waals surface area contributed by atoms with Crippen LogP contribution in [0, 0.1) is 0 Å². The van der Waals surface area contributed by atoms with Crippen LogP contribution >= 0.6 is 0 Å². The molecule has 1 heterocycles. The van der Waals surface area contributed by atoms with Gasteiger partial charge in [0.1, 0.15) is 12.4 Å². The predicted molar refractivity (Wildman–Crippen MR) is 68.7 cm³/mol. The zero-order valence-corrected chi connectivity index (χ0v) is 11.0. The fraction of sp³-hybridized carbons (Fsp3) is 0.667. The SMILES string of the molecule is CCNc1cc(OCCCO)nc(COCC)n1. The summed E-state index contributed by atoms with van der Waals surface area (Å²) in [5, 5.41) is 11.8. The molecule has 1 aromatic heterocycles. The van der Waals surface area contributed by atoms with Crippen LogP contribution in [-0.2, 0) is 11.3 Å². The quantitative estimate of drug-likeness (QED) is 0.646. The lowest BCUT2D eigenvalue weighted by molar-refractivity contribution is 0.127. The Labute approximate surface area is 107 Å². The van der Waals surface area contributed by atoms with Crippen molar-refractivity contribution in [3.63, 3.8) is 0 Å². The lowest BCUT2D eigenvalue weighted by Gasteiger charge is -2.09. The standard InChI is InChI=1S/C12H21N3O3/c1-3-13-10-8-12(18-7-5-6-16)15-11(14-10)9-17-4-2/h8,16H,3-7,9H2,1-2H3,(H,13,14,15). The number of anilines is 1. The summed E-state index contributed by atoms with van der Waals surface area (Å²) in [5.41, 5.74) is 0. The minimum Gasteiger partial charge on any atom is -0.477 e. The van der Waals surface area contributed by atoms with E-state index in [0.717, 1.165) is 12.4 Å². The van der Waals surface area contributed by atoms with E-state index in [0.29, 0.717) is 37.9 Å². The molecular formula is C12H21N3O3. The van der Waals surface area contributed by atoms with Gasteiger partial charge in [-0.05, 0) is 13.8 Å². The van der Waals surface area contributed by atoms with Crippen LogP contribution in [0.4, 0.5) is 5.82 Å². The van der Waals surface area contributed by atoms with E-state index in [1.807, 2.05) is 13.8 Å². The molecule has 102 valence electrons. The van der Waals surface area contributed by atoms with Crippen molar-refractivity contribution in [1.82, 2.24) is 9.97 Å². The Morgan fingerprint density at radius 3 is 2.83 bits per heavy atom. The zero-order chi connectivity index (χ0) is 13.2. The molecule has 0 aromatic carbocycles. The van der Waals surface area contributed by atoms with Crippen molar-refractivity contribution in [2.45, 2.75) is 26.9 Å². The molecule has 0 fully saturated rings. The number of aromatic nitrogens is 2. The molecule has 6 heteroatoms. The van der Waals surface area contributed by atoms with Crippen molar-refractivity contribution in [3.8, 4) is 5.88 Å². The van der Waals surface area contributed by atoms with Crippen LogP contribution in [0.2, 0.25) is 0 Å². The molecule has 0 spiro atoms. The summed E-state index contributed by atoms with van der Waals surface area (Å²) in [4.78, 5) is 8.56. The molecule has 0 aliphatic carbocycles. The third kappa shape index (κ3) is 5.29. The smallest absolute Gasteiger partial charge is 0.218 e. The van der Waals surface area contributed by atoms with Crippen LogP contribution in [0.25, 0.3) is 0 Å². The highest BCUT2D eigenvalue weighted by atomic mass is 16.5. The van der Waals surface area contributed by atoms with Crippen LogP contribution in [0.15, 0.2) is 6.07 Å². The highest BCUT2D eigenvalue weighted by molar-refractivity contribution is 5.38. The summed E-state index contributed by atoms with van der Waals surface area (Å²) < 4.78 is 10.7. The van der Waals surface area contributed by atoms with Crippen molar-refractivity contribution in [2.75, 3.05) is 31.7 Å². The van der Waals surface area contributed by atoms with E-state index in [1.165, 1.54) is 0 Å². The molecule has 0 bridgehead atoms. The second kappa shape index (κ2) is 8.66. The number of hydrogen-bond acceptors (Lipinski definition) is 6. The minimum atomic E-state index is 0.108. The maximum atomic E-state index is 8.71. The first kappa shape index (κ1) is 14.7. The van der Waals surface area contributed by atoms with Gasteiger partial charge in [0.15, 0.2) is 5.82 Å². The summed E-state index contributed by atoms with van der Waals surface area (Å²) in [6.45, 7) is 6.23. The Kier molecular flexibility index (Phi) is 7.05. The fourth-order valence-electron chi connectivity index (χ4n) is 1.32. The average molecular weight is 255 g/mol. The Morgan fingerprint density at radius 1 is 1.33 bits per heavy atom. The van der Waals surface area contributed by atoms with Gasteiger partial charge in [0, 0.05) is 32.2 Å². The highest BCUT2D eigenvalue weighted by Gasteiger charge is 2.05. The Hall–Kier alpha value is -1.40. The van der Waals surface area contributed by atoms with Crippen molar-refractivity contribution >= 4 is 5.82 Å². The molecule has 0 saturated heterocycles. The van der Waals surface area contributed by atoms with Crippen LogP contribution < -0.4 is 10.1 Å². The van der Waals surface area contributed by atoms with E-state index >= 15 is 0 Å². The van der Waals surface area contributed by atoms with Gasteiger partial charge in [0.05, 0.1) is 6.61 Å². The van der Waals surface area contributed by atoms with Crippen molar-refractivity contribution in [3.05, 3.63) is 11.9 Å². The number of aliphatic hydroxyl groups excluding tert-OH is 1. The molecule has 0 aliphatic heterocycles. The topological polar surface area (TPSA) is 76.5 Å². The number of nitrogens with zero attached hydrogens (tertiary/aromatic N) is 2. The fourth-order valence-corrected chi connectivity index (χ4v) is 1.32. The molecule has 18 heavy (non-hydrogen) atoms. The van der Waals surface area contributed by atoms with Crippen LogP contribution in [0.1, 0.15) is 26.1 Å². The zero-order valence-electron chi connectivity index (χ0n) is 11.0. The van der Waals surface area contributed by atoms with E-state index in [1.54, 1.807) is 6.07 Å². The number of hydrogen-bond donors (Lipinski definition) is 2. The summed E-state index contributed by atoms with van der Waals surface area (Å²) in [5.74, 6) is 1.82. The molecule has 0 radical (unpaired) electrons. The first-order chi connectivity index (χ1) is 8.80. The first-order valence-corrected chi connectivity index (χ1v) is 6.23. The van der Waals surface area contributed by atoms with E-state index < -0.39 is 0 Å². The van der Waals surface area contributed by atoms with Crippen LogP contribution in [-0.4, -0.2) is 41.4 Å². The van der Waals surface area contributed by atoms with Gasteiger partial charge in [0.2, 0.25) is 5.88 Å². The second-order valence-corrected chi connectivity index (χ2v) is 3.60. The van der Waals surface area contributed by atoms with Gasteiger partial charge in [-0.15, -0.1) is 0 Å². The van der Waals surface area contributed by atoms with E-state index in [4.69, 9.17) is 14.6 Å². The molecular weight excluding hydrogens is 234 g/mol. The van der Waals surface area contributed by atoms with Crippen molar-refractivity contribution < 1.29 is 14.6 Å². The normalized spacial score (nSPS) is 10.4. The molecule has 2 N–H and O–H groups in total. The third-order valence-electron chi connectivity index (χ3n) is 2.09. The third-order valence-corrected chi connectivity index (χ3v) is 2.09. The Balaban J connectivity index is 2.70. The summed E-state index contributed by atoms with van der Waals surface area (Å²) in [6, 6.07) is 1.75. The minimum absolute atomic E-state index is 0.108.